The summed E-state index contributed by atoms with van der Waals surface area (Å²) in [7, 11) is 0. The van der Waals surface area contributed by atoms with Gasteiger partial charge in [-0.15, -0.1) is 0 Å². The Bertz CT molecular complexity index is 1220. The van der Waals surface area contributed by atoms with E-state index in [1.165, 1.54) is 0 Å². The SMILES string of the molecule is CCOC(=O)Cc1ccc(N2C(=O)c3c(c(OC(C)C)c4ccccc4c3OC(C)C)C2=O)cc1. The van der Waals surface area contributed by atoms with Crippen LogP contribution in [0.25, 0.3) is 10.8 Å². The lowest BCUT2D eigenvalue weighted by atomic mass is 9.98. The van der Waals surface area contributed by atoms with E-state index in [1.54, 1.807) is 31.2 Å². The first kappa shape index (κ1) is 24.3. The smallest absolute Gasteiger partial charge is 0.310 e. The molecule has 0 radical (unpaired) electrons. The summed E-state index contributed by atoms with van der Waals surface area (Å²) in [5.41, 5.74) is 1.53. The van der Waals surface area contributed by atoms with E-state index >= 15 is 0 Å². The molecule has 0 fully saturated rings. The quantitative estimate of drug-likeness (QED) is 0.324. The minimum Gasteiger partial charge on any atom is -0.489 e. The summed E-state index contributed by atoms with van der Waals surface area (Å²) in [6.07, 6.45) is -0.308. The first-order valence-corrected chi connectivity index (χ1v) is 11.8. The van der Waals surface area contributed by atoms with Crippen molar-refractivity contribution < 1.29 is 28.6 Å². The lowest BCUT2D eigenvalue weighted by Crippen LogP contribution is -2.29. The molecule has 0 unspecified atom stereocenters. The Morgan fingerprint density at radius 3 is 1.71 bits per heavy atom. The van der Waals surface area contributed by atoms with Crippen molar-refractivity contribution in [2.75, 3.05) is 11.5 Å². The number of rotatable bonds is 8. The second-order valence-corrected chi connectivity index (χ2v) is 8.88. The largest absolute Gasteiger partial charge is 0.489 e. The maximum absolute atomic E-state index is 13.7. The van der Waals surface area contributed by atoms with Gasteiger partial charge in [0.2, 0.25) is 0 Å². The zero-order valence-electron chi connectivity index (χ0n) is 20.6. The van der Waals surface area contributed by atoms with Gasteiger partial charge in [-0.1, -0.05) is 36.4 Å². The van der Waals surface area contributed by atoms with E-state index in [1.807, 2.05) is 52.0 Å². The number of imide groups is 1. The van der Waals surface area contributed by atoms with Crippen molar-refractivity contribution in [3.63, 3.8) is 0 Å². The van der Waals surface area contributed by atoms with Gasteiger partial charge in [-0.05, 0) is 52.3 Å². The molecular weight excluding hydrogens is 446 g/mol. The average molecular weight is 476 g/mol. The molecule has 0 atom stereocenters. The van der Waals surface area contributed by atoms with Gasteiger partial charge >= 0.3 is 5.97 Å². The zero-order valence-corrected chi connectivity index (χ0v) is 20.6. The molecule has 1 aliphatic rings. The highest BCUT2D eigenvalue weighted by molar-refractivity contribution is 6.38. The highest BCUT2D eigenvalue weighted by atomic mass is 16.5. The fourth-order valence-electron chi connectivity index (χ4n) is 4.19. The number of benzene rings is 3. The van der Waals surface area contributed by atoms with Crippen LogP contribution < -0.4 is 14.4 Å². The molecule has 7 heteroatoms. The number of fused-ring (bicyclic) bond motifs is 2. The molecule has 3 aromatic carbocycles. The molecule has 0 N–H and O–H groups in total. The van der Waals surface area contributed by atoms with Crippen molar-refractivity contribution in [1.82, 2.24) is 0 Å². The molecule has 182 valence electrons. The molecule has 0 aliphatic carbocycles. The van der Waals surface area contributed by atoms with Gasteiger partial charge in [0.15, 0.2) is 0 Å². The lowest BCUT2D eigenvalue weighted by molar-refractivity contribution is -0.142. The van der Waals surface area contributed by atoms with Crippen molar-refractivity contribution in [2.45, 2.75) is 53.2 Å². The van der Waals surface area contributed by atoms with Crippen molar-refractivity contribution in [3.05, 3.63) is 65.2 Å². The molecule has 1 heterocycles. The molecule has 2 amide bonds. The van der Waals surface area contributed by atoms with Crippen molar-refractivity contribution in [2.24, 2.45) is 0 Å². The Kier molecular flexibility index (Phi) is 6.78. The van der Waals surface area contributed by atoms with Gasteiger partial charge in [0, 0.05) is 10.8 Å². The zero-order chi connectivity index (χ0) is 25.3. The number of nitrogens with zero attached hydrogens (tertiary/aromatic N) is 1. The molecule has 0 spiro atoms. The summed E-state index contributed by atoms with van der Waals surface area (Å²) >= 11 is 0. The van der Waals surface area contributed by atoms with Crippen molar-refractivity contribution in [3.8, 4) is 11.5 Å². The third kappa shape index (κ3) is 4.58. The van der Waals surface area contributed by atoms with E-state index in [9.17, 15) is 14.4 Å². The van der Waals surface area contributed by atoms with Gasteiger partial charge in [-0.2, -0.15) is 0 Å². The van der Waals surface area contributed by atoms with E-state index in [-0.39, 0.29) is 35.7 Å². The van der Waals surface area contributed by atoms with Crippen LogP contribution in [-0.4, -0.2) is 36.6 Å². The predicted octanol–water partition coefficient (Wildman–Crippen LogP) is 5.32. The van der Waals surface area contributed by atoms with Gasteiger partial charge in [0.1, 0.15) is 11.5 Å². The molecule has 0 saturated heterocycles. The van der Waals surface area contributed by atoms with E-state index in [4.69, 9.17) is 14.2 Å². The Labute approximate surface area is 204 Å². The van der Waals surface area contributed by atoms with Crippen LogP contribution in [0.1, 0.15) is 60.9 Å². The molecule has 0 aromatic heterocycles. The van der Waals surface area contributed by atoms with Crippen molar-refractivity contribution in [1.29, 1.82) is 0 Å². The maximum Gasteiger partial charge on any atom is 0.310 e. The number of hydrogen-bond donors (Lipinski definition) is 0. The number of carbonyl (C=O) groups excluding carboxylic acids is 3. The van der Waals surface area contributed by atoms with Crippen molar-refractivity contribution >= 4 is 34.2 Å². The summed E-state index contributed by atoms with van der Waals surface area (Å²) in [4.78, 5) is 40.4. The lowest BCUT2D eigenvalue weighted by Gasteiger charge is -2.20. The van der Waals surface area contributed by atoms with E-state index in [0.29, 0.717) is 34.6 Å². The summed E-state index contributed by atoms with van der Waals surface area (Å²) in [5, 5.41) is 1.42. The first-order chi connectivity index (χ1) is 16.7. The van der Waals surface area contributed by atoms with Gasteiger partial charge in [-0.3, -0.25) is 14.4 Å². The third-order valence-corrected chi connectivity index (χ3v) is 5.51. The van der Waals surface area contributed by atoms with Crippen LogP contribution in [0.2, 0.25) is 0 Å². The van der Waals surface area contributed by atoms with Crippen LogP contribution in [-0.2, 0) is 16.0 Å². The maximum atomic E-state index is 13.7. The van der Waals surface area contributed by atoms with Gasteiger partial charge in [0.25, 0.3) is 11.8 Å². The van der Waals surface area contributed by atoms with E-state index in [0.717, 1.165) is 10.5 Å². The fourth-order valence-corrected chi connectivity index (χ4v) is 4.19. The second kappa shape index (κ2) is 9.78. The average Bonchev–Trinajstić information content (AvgIpc) is 3.06. The number of anilines is 1. The van der Waals surface area contributed by atoms with Crippen LogP contribution in [0.5, 0.6) is 11.5 Å². The van der Waals surface area contributed by atoms with Crippen LogP contribution in [0.3, 0.4) is 0 Å². The van der Waals surface area contributed by atoms with Crippen LogP contribution >= 0.6 is 0 Å². The molecule has 0 saturated carbocycles. The number of esters is 1. The van der Waals surface area contributed by atoms with Gasteiger partial charge in [-0.25, -0.2) is 4.90 Å². The number of hydrogen-bond acceptors (Lipinski definition) is 6. The van der Waals surface area contributed by atoms with Gasteiger partial charge < -0.3 is 14.2 Å². The molecule has 7 nitrogen and oxygen atoms in total. The molecule has 3 aromatic rings. The van der Waals surface area contributed by atoms with Crippen LogP contribution in [0, 0.1) is 0 Å². The minimum absolute atomic E-state index is 0.111. The summed E-state index contributed by atoms with van der Waals surface area (Å²) in [6, 6.07) is 14.2. The van der Waals surface area contributed by atoms with Gasteiger partial charge in [0.05, 0.1) is 42.0 Å². The fraction of sp³-hybridized carbons (Fsp3) is 0.321. The Morgan fingerprint density at radius 1 is 0.800 bits per heavy atom. The normalized spacial score (nSPS) is 13.1. The summed E-state index contributed by atoms with van der Waals surface area (Å²) in [5.74, 6) is -0.530. The monoisotopic (exact) mass is 475 g/mol. The Morgan fingerprint density at radius 2 is 1.29 bits per heavy atom. The Balaban J connectivity index is 1.84. The highest BCUT2D eigenvalue weighted by Gasteiger charge is 2.43. The van der Waals surface area contributed by atoms with Crippen LogP contribution in [0.4, 0.5) is 5.69 Å². The molecule has 4 rings (SSSR count). The number of ether oxygens (including phenoxy) is 3. The molecule has 0 bridgehead atoms. The number of carbonyl (C=O) groups is 3. The molecule has 35 heavy (non-hydrogen) atoms. The second-order valence-electron chi connectivity index (χ2n) is 8.88. The van der Waals surface area contributed by atoms with E-state index < -0.39 is 11.8 Å². The Hall–Kier alpha value is -3.87. The predicted molar refractivity (Wildman–Crippen MR) is 133 cm³/mol. The summed E-state index contributed by atoms with van der Waals surface area (Å²) in [6.45, 7) is 9.56. The minimum atomic E-state index is -0.474. The van der Waals surface area contributed by atoms with E-state index in [2.05, 4.69) is 0 Å². The van der Waals surface area contributed by atoms with Crippen LogP contribution in [0.15, 0.2) is 48.5 Å². The number of amides is 2. The highest BCUT2D eigenvalue weighted by Crippen LogP contribution is 2.46. The molecule has 1 aliphatic heterocycles. The first-order valence-electron chi connectivity index (χ1n) is 11.8. The molecular formula is C28H29NO6. The third-order valence-electron chi connectivity index (χ3n) is 5.51. The topological polar surface area (TPSA) is 82.1 Å². The summed E-state index contributed by atoms with van der Waals surface area (Å²) < 4.78 is 17.2. The standard InChI is InChI=1S/C28H29NO6/c1-6-33-22(30)15-18-11-13-19(14-12-18)29-27(31)23-24(28(29)32)26(35-17(4)5)21-10-8-7-9-20(21)25(23)34-16(2)3/h7-14,16-17H,6,15H2,1-5H3.